The number of ether oxygens (including phenoxy) is 3. The third-order valence-corrected chi connectivity index (χ3v) is 4.56. The maximum absolute atomic E-state index is 13.1. The van der Waals surface area contributed by atoms with Crippen LogP contribution in [0.25, 0.3) is 0 Å². The number of thiocarbonyl (C=S) groups is 1. The zero-order valence-corrected chi connectivity index (χ0v) is 13.2. The normalized spacial score (nSPS) is 31.0. The molecule has 2 fully saturated rings. The Hall–Kier alpha value is -1.34. The van der Waals surface area contributed by atoms with Gasteiger partial charge in [-0.05, 0) is 31.2 Å². The monoisotopic (exact) mass is 346 g/mol. The Morgan fingerprint density at radius 1 is 1.17 bits per heavy atom. The van der Waals surface area contributed by atoms with Gasteiger partial charge in [-0.3, -0.25) is 0 Å². The molecule has 1 saturated heterocycles. The molecule has 2 aliphatic rings. The first kappa shape index (κ1) is 16.5. The molecule has 1 atom stereocenters. The van der Waals surface area contributed by atoms with Gasteiger partial charge in [-0.2, -0.15) is 13.2 Å². The van der Waals surface area contributed by atoms with Gasteiger partial charge in [0.2, 0.25) is 6.10 Å². The quantitative estimate of drug-likeness (QED) is 0.769. The van der Waals surface area contributed by atoms with Crippen LogP contribution in [0.3, 0.4) is 0 Å². The number of hydrogen-bond acceptors (Lipinski definition) is 4. The number of alkyl halides is 3. The van der Waals surface area contributed by atoms with Gasteiger partial charge in [0.15, 0.2) is 5.60 Å². The second-order valence-corrected chi connectivity index (χ2v) is 6.29. The van der Waals surface area contributed by atoms with E-state index in [0.717, 1.165) is 5.56 Å². The molecule has 0 aromatic heterocycles. The first-order valence-electron chi connectivity index (χ1n) is 7.51. The van der Waals surface area contributed by atoms with Crippen molar-refractivity contribution in [2.24, 2.45) is 0 Å². The summed E-state index contributed by atoms with van der Waals surface area (Å²) in [5.74, 6) is 0. The van der Waals surface area contributed by atoms with Crippen molar-refractivity contribution in [3.63, 3.8) is 0 Å². The van der Waals surface area contributed by atoms with E-state index in [9.17, 15) is 13.2 Å². The van der Waals surface area contributed by atoms with Gasteiger partial charge in [0.05, 0.1) is 12.7 Å². The highest BCUT2D eigenvalue weighted by atomic mass is 32.1. The van der Waals surface area contributed by atoms with Gasteiger partial charge >= 0.3 is 11.4 Å². The molecule has 1 aromatic carbocycles. The molecule has 1 heterocycles. The summed E-state index contributed by atoms with van der Waals surface area (Å²) in [5, 5.41) is -0.407. The lowest BCUT2D eigenvalue weighted by Crippen LogP contribution is -2.51. The van der Waals surface area contributed by atoms with E-state index in [4.69, 9.17) is 14.2 Å². The number of hydrogen-bond donors (Lipinski definition) is 0. The van der Waals surface area contributed by atoms with Crippen LogP contribution in [0.5, 0.6) is 0 Å². The van der Waals surface area contributed by atoms with Crippen molar-refractivity contribution in [2.75, 3.05) is 0 Å². The minimum absolute atomic E-state index is 0.0764. The first-order valence-corrected chi connectivity index (χ1v) is 7.92. The highest BCUT2D eigenvalue weighted by molar-refractivity contribution is 7.79. The smallest absolute Gasteiger partial charge is 0.429 e. The van der Waals surface area contributed by atoms with Crippen LogP contribution < -0.4 is 0 Å². The molecule has 1 aliphatic carbocycles. The van der Waals surface area contributed by atoms with Crippen LogP contribution in [-0.4, -0.2) is 29.2 Å². The predicted molar refractivity (Wildman–Crippen MR) is 80.8 cm³/mol. The number of benzene rings is 1. The number of rotatable bonds is 3. The highest BCUT2D eigenvalue weighted by Gasteiger charge is 2.63. The Bertz CT molecular complexity index is 553. The van der Waals surface area contributed by atoms with Crippen molar-refractivity contribution in [1.29, 1.82) is 0 Å². The van der Waals surface area contributed by atoms with E-state index in [2.05, 4.69) is 12.2 Å². The molecule has 1 aliphatic heterocycles. The van der Waals surface area contributed by atoms with Crippen molar-refractivity contribution < 1.29 is 27.4 Å². The fraction of sp³-hybridized carbons (Fsp3) is 0.562. The minimum atomic E-state index is -4.49. The van der Waals surface area contributed by atoms with Crippen LogP contribution in [0.4, 0.5) is 13.2 Å². The molecular weight excluding hydrogens is 329 g/mol. The summed E-state index contributed by atoms with van der Waals surface area (Å²) in [7, 11) is 0. The molecule has 0 N–H and O–H groups in total. The molecule has 3 rings (SSSR count). The highest BCUT2D eigenvalue weighted by Crippen LogP contribution is 2.46. The maximum atomic E-state index is 13.1. The third-order valence-electron chi connectivity index (χ3n) is 4.38. The van der Waals surface area contributed by atoms with Gasteiger partial charge < -0.3 is 14.2 Å². The Kier molecular flexibility index (Phi) is 4.51. The van der Waals surface area contributed by atoms with Gasteiger partial charge in [0, 0.05) is 12.2 Å². The van der Waals surface area contributed by atoms with E-state index in [-0.39, 0.29) is 18.9 Å². The number of halogens is 3. The molecule has 3 nitrogen and oxygen atoms in total. The van der Waals surface area contributed by atoms with E-state index in [0.29, 0.717) is 19.4 Å². The Morgan fingerprint density at radius 2 is 1.83 bits per heavy atom. The zero-order chi connectivity index (χ0) is 16.5. The van der Waals surface area contributed by atoms with Crippen molar-refractivity contribution in [3.8, 4) is 0 Å². The van der Waals surface area contributed by atoms with Crippen molar-refractivity contribution in [3.05, 3.63) is 35.9 Å². The summed E-state index contributed by atoms with van der Waals surface area (Å²) in [6.45, 7) is 0.455. The second-order valence-electron chi connectivity index (χ2n) is 5.95. The fourth-order valence-electron chi connectivity index (χ4n) is 3.21. The Morgan fingerprint density at radius 3 is 2.43 bits per heavy atom. The molecule has 0 amide bonds. The molecule has 0 radical (unpaired) electrons. The van der Waals surface area contributed by atoms with Gasteiger partial charge in [-0.15, -0.1) is 0 Å². The van der Waals surface area contributed by atoms with E-state index in [1.807, 2.05) is 30.3 Å². The van der Waals surface area contributed by atoms with Gasteiger partial charge in [-0.1, -0.05) is 30.3 Å². The van der Waals surface area contributed by atoms with E-state index in [1.165, 1.54) is 0 Å². The van der Waals surface area contributed by atoms with Crippen molar-refractivity contribution >= 4 is 17.5 Å². The zero-order valence-electron chi connectivity index (χ0n) is 12.3. The summed E-state index contributed by atoms with van der Waals surface area (Å²) in [5.41, 5.74) is -0.343. The topological polar surface area (TPSA) is 27.7 Å². The summed E-state index contributed by atoms with van der Waals surface area (Å²) < 4.78 is 55.2. The maximum Gasteiger partial charge on any atom is 0.429 e. The SMILES string of the molecule is FC(F)(F)[C@@H]1OC(=S)OC12CCC(OCc1ccccc1)CC2. The summed E-state index contributed by atoms with van der Waals surface area (Å²) >= 11 is 4.69. The van der Waals surface area contributed by atoms with Crippen LogP contribution in [0.1, 0.15) is 31.2 Å². The van der Waals surface area contributed by atoms with Gasteiger partial charge in [-0.25, -0.2) is 0 Å². The van der Waals surface area contributed by atoms with E-state index in [1.54, 1.807) is 0 Å². The van der Waals surface area contributed by atoms with E-state index >= 15 is 0 Å². The largest absolute Gasteiger partial charge is 0.446 e. The predicted octanol–water partition coefficient (Wildman–Crippen LogP) is 4.15. The molecule has 0 bridgehead atoms. The first-order chi connectivity index (χ1) is 10.9. The van der Waals surface area contributed by atoms with Crippen LogP contribution in [0.15, 0.2) is 30.3 Å². The molecule has 1 saturated carbocycles. The fourth-order valence-corrected chi connectivity index (χ4v) is 3.47. The lowest BCUT2D eigenvalue weighted by atomic mass is 9.79. The average molecular weight is 346 g/mol. The molecular formula is C16H17F3O3S. The molecule has 1 aromatic rings. The van der Waals surface area contributed by atoms with E-state index < -0.39 is 23.1 Å². The van der Waals surface area contributed by atoms with Gasteiger partial charge in [0.25, 0.3) is 0 Å². The van der Waals surface area contributed by atoms with Crippen molar-refractivity contribution in [2.45, 2.75) is 56.3 Å². The van der Waals surface area contributed by atoms with Crippen LogP contribution in [0, 0.1) is 0 Å². The van der Waals surface area contributed by atoms with Crippen molar-refractivity contribution in [1.82, 2.24) is 0 Å². The Balaban J connectivity index is 1.58. The van der Waals surface area contributed by atoms with Gasteiger partial charge in [0.1, 0.15) is 0 Å². The lowest BCUT2D eigenvalue weighted by Gasteiger charge is -2.38. The minimum Gasteiger partial charge on any atom is -0.446 e. The van der Waals surface area contributed by atoms with Crippen LogP contribution in [0.2, 0.25) is 0 Å². The summed E-state index contributed by atoms with van der Waals surface area (Å²) in [6, 6.07) is 9.68. The second kappa shape index (κ2) is 6.28. The standard InChI is InChI=1S/C16H17F3O3S/c17-16(18,19)13-15(22-14(23)21-13)8-6-12(7-9-15)20-10-11-4-2-1-3-5-11/h1-5,12-13H,6-10H2/t12?,13-,15?/m1/s1. The molecule has 7 heteroatoms. The molecule has 126 valence electrons. The molecule has 0 unspecified atom stereocenters. The van der Waals surface area contributed by atoms with Crippen LogP contribution in [-0.2, 0) is 20.8 Å². The average Bonchev–Trinajstić information content (AvgIpc) is 2.84. The molecule has 23 heavy (non-hydrogen) atoms. The molecule has 1 spiro atoms. The third kappa shape index (κ3) is 3.61. The summed E-state index contributed by atoms with van der Waals surface area (Å²) in [4.78, 5) is 0. The van der Waals surface area contributed by atoms with Crippen LogP contribution >= 0.6 is 12.2 Å². The lowest BCUT2D eigenvalue weighted by molar-refractivity contribution is -0.227. The summed E-state index contributed by atoms with van der Waals surface area (Å²) in [6.07, 6.45) is -5.12. The Labute approximate surface area is 137 Å².